The Morgan fingerprint density at radius 1 is 0.867 bits per heavy atom. The van der Waals surface area contributed by atoms with Crippen LogP contribution in [0.15, 0.2) is 84.1 Å². The quantitative estimate of drug-likeness (QED) is 0.276. The second kappa shape index (κ2) is 8.53. The molecule has 148 valence electrons. The molecule has 0 atom stereocenters. The number of ether oxygens (including phenoxy) is 2. The highest BCUT2D eigenvalue weighted by Gasteiger charge is 2.14. The number of carbonyl (C=O) groups excluding carboxylic acids is 1. The van der Waals surface area contributed by atoms with Crippen molar-refractivity contribution in [1.29, 1.82) is 0 Å². The van der Waals surface area contributed by atoms with Gasteiger partial charge in [0.15, 0.2) is 17.3 Å². The number of aliphatic imine (C=N–C) groups is 1. The number of carbonyl (C=O) groups is 1. The molecule has 30 heavy (non-hydrogen) atoms. The number of nitrogens with zero attached hydrogens (tertiary/aromatic N) is 3. The van der Waals surface area contributed by atoms with Crippen LogP contribution < -0.4 is 9.47 Å². The van der Waals surface area contributed by atoms with E-state index in [1.54, 1.807) is 12.1 Å². The van der Waals surface area contributed by atoms with Gasteiger partial charge in [0, 0.05) is 29.5 Å². The largest absolute Gasteiger partial charge is 0.493 e. The summed E-state index contributed by atoms with van der Waals surface area (Å²) in [5.74, 6) is 0.741. The summed E-state index contributed by atoms with van der Waals surface area (Å²) in [6, 6.07) is 23.2. The van der Waals surface area contributed by atoms with Crippen LogP contribution in [0, 0.1) is 0 Å². The zero-order chi connectivity index (χ0) is 20.9. The Kier molecular flexibility index (Phi) is 5.48. The van der Waals surface area contributed by atoms with Crippen LogP contribution in [-0.2, 0) is 4.79 Å². The van der Waals surface area contributed by atoms with Crippen LogP contribution in [0.3, 0.4) is 0 Å². The summed E-state index contributed by atoms with van der Waals surface area (Å²) in [6.45, 7) is 1.34. The van der Waals surface area contributed by atoms with E-state index in [1.165, 1.54) is 20.4 Å². The predicted octanol–water partition coefficient (Wildman–Crippen LogP) is 4.73. The zero-order valence-electron chi connectivity index (χ0n) is 16.6. The fraction of sp³-hybridized carbons (Fsp3) is 0.0833. The molecule has 0 saturated carbocycles. The predicted molar refractivity (Wildman–Crippen MR) is 116 cm³/mol. The van der Waals surface area contributed by atoms with Gasteiger partial charge in [-0.25, -0.2) is 15.0 Å². The van der Waals surface area contributed by atoms with Gasteiger partial charge in [-0.05, 0) is 6.07 Å². The van der Waals surface area contributed by atoms with E-state index in [0.29, 0.717) is 28.2 Å². The van der Waals surface area contributed by atoms with Crippen molar-refractivity contribution in [2.45, 2.75) is 6.92 Å². The molecule has 4 rings (SSSR count). The SMILES string of the molecule is COc1cc2ncnc(N=C(c3ccccc3)c3ccccc3)c2cc1OC(C)=O. The van der Waals surface area contributed by atoms with Gasteiger partial charge in [0.25, 0.3) is 0 Å². The molecule has 0 N–H and O–H groups in total. The molecule has 0 radical (unpaired) electrons. The van der Waals surface area contributed by atoms with Gasteiger partial charge >= 0.3 is 5.97 Å². The Balaban J connectivity index is 1.94. The first-order valence-corrected chi connectivity index (χ1v) is 9.36. The molecule has 0 amide bonds. The molecule has 1 aromatic heterocycles. The molecule has 4 aromatic rings. The van der Waals surface area contributed by atoms with E-state index in [1.807, 2.05) is 60.7 Å². The van der Waals surface area contributed by atoms with Crippen LogP contribution in [0.1, 0.15) is 18.1 Å². The number of methoxy groups -OCH3 is 1. The van der Waals surface area contributed by atoms with Crippen LogP contribution >= 0.6 is 0 Å². The first-order valence-electron chi connectivity index (χ1n) is 9.36. The number of benzene rings is 3. The van der Waals surface area contributed by atoms with E-state index in [4.69, 9.17) is 14.5 Å². The molecule has 3 aromatic carbocycles. The molecule has 1 heterocycles. The molecule has 0 saturated heterocycles. The van der Waals surface area contributed by atoms with Crippen molar-refractivity contribution in [2.75, 3.05) is 7.11 Å². The fourth-order valence-electron chi connectivity index (χ4n) is 3.13. The number of hydrogen-bond donors (Lipinski definition) is 0. The van der Waals surface area contributed by atoms with E-state index < -0.39 is 5.97 Å². The summed E-state index contributed by atoms with van der Waals surface area (Å²) in [5.41, 5.74) is 3.34. The summed E-state index contributed by atoms with van der Waals surface area (Å²) < 4.78 is 10.6. The fourth-order valence-corrected chi connectivity index (χ4v) is 3.13. The third-order valence-corrected chi connectivity index (χ3v) is 4.47. The maximum atomic E-state index is 11.5. The van der Waals surface area contributed by atoms with Crippen molar-refractivity contribution in [3.63, 3.8) is 0 Å². The van der Waals surface area contributed by atoms with E-state index in [-0.39, 0.29) is 0 Å². The van der Waals surface area contributed by atoms with E-state index in [9.17, 15) is 4.79 Å². The van der Waals surface area contributed by atoms with Crippen molar-refractivity contribution in [2.24, 2.45) is 4.99 Å². The smallest absolute Gasteiger partial charge is 0.308 e. The summed E-state index contributed by atoms with van der Waals surface area (Å²) >= 11 is 0. The van der Waals surface area contributed by atoms with Crippen molar-refractivity contribution in [3.05, 3.63) is 90.3 Å². The lowest BCUT2D eigenvalue weighted by molar-refractivity contribution is -0.132. The summed E-state index contributed by atoms with van der Waals surface area (Å²) in [5, 5.41) is 0.652. The first kappa shape index (κ1) is 19.3. The van der Waals surface area contributed by atoms with Gasteiger partial charge in [-0.15, -0.1) is 0 Å². The molecule has 0 fully saturated rings. The number of esters is 1. The van der Waals surface area contributed by atoms with E-state index in [2.05, 4.69) is 9.97 Å². The lowest BCUT2D eigenvalue weighted by Gasteiger charge is -2.11. The van der Waals surface area contributed by atoms with Gasteiger partial charge in [-0.2, -0.15) is 0 Å². The number of hydrogen-bond acceptors (Lipinski definition) is 6. The second-order valence-corrected chi connectivity index (χ2v) is 6.50. The lowest BCUT2D eigenvalue weighted by Crippen LogP contribution is -2.04. The highest BCUT2D eigenvalue weighted by molar-refractivity contribution is 6.14. The summed E-state index contributed by atoms with van der Waals surface area (Å²) in [6.07, 6.45) is 1.46. The van der Waals surface area contributed by atoms with Crippen molar-refractivity contribution in [3.8, 4) is 11.5 Å². The molecule has 0 aliphatic heterocycles. The Bertz CT molecular complexity index is 1180. The number of rotatable bonds is 5. The third-order valence-electron chi connectivity index (χ3n) is 4.47. The molecule has 0 bridgehead atoms. The summed E-state index contributed by atoms with van der Waals surface area (Å²) in [4.78, 5) is 25.1. The highest BCUT2D eigenvalue weighted by atomic mass is 16.6. The van der Waals surface area contributed by atoms with Crippen LogP contribution in [0.2, 0.25) is 0 Å². The minimum absolute atomic E-state index is 0.296. The van der Waals surface area contributed by atoms with Crippen LogP contribution in [0.5, 0.6) is 11.5 Å². The lowest BCUT2D eigenvalue weighted by atomic mass is 10.0. The van der Waals surface area contributed by atoms with Crippen molar-refractivity contribution < 1.29 is 14.3 Å². The van der Waals surface area contributed by atoms with Crippen molar-refractivity contribution >= 4 is 28.4 Å². The molecule has 0 aliphatic rings. The zero-order valence-corrected chi connectivity index (χ0v) is 16.6. The third kappa shape index (κ3) is 4.03. The topological polar surface area (TPSA) is 73.7 Å². The normalized spacial score (nSPS) is 10.5. The average Bonchev–Trinajstić information content (AvgIpc) is 2.78. The van der Waals surface area contributed by atoms with Gasteiger partial charge < -0.3 is 9.47 Å². The van der Waals surface area contributed by atoms with E-state index in [0.717, 1.165) is 16.8 Å². The average molecular weight is 397 g/mol. The maximum Gasteiger partial charge on any atom is 0.308 e. The first-order chi connectivity index (χ1) is 14.7. The summed E-state index contributed by atoms with van der Waals surface area (Å²) in [7, 11) is 1.51. The van der Waals surface area contributed by atoms with Crippen LogP contribution in [-0.4, -0.2) is 28.8 Å². The standard InChI is InChI=1S/C24H19N3O3/c1-16(28)30-22-13-19-20(14-21(22)29-2)25-15-26-24(19)27-23(17-9-5-3-6-10-17)18-11-7-4-8-12-18/h3-15H,1-2H3. The molecule has 6 nitrogen and oxygen atoms in total. The van der Waals surface area contributed by atoms with Gasteiger partial charge in [-0.1, -0.05) is 60.7 Å². The Morgan fingerprint density at radius 2 is 1.50 bits per heavy atom. The minimum Gasteiger partial charge on any atom is -0.493 e. The van der Waals surface area contributed by atoms with Gasteiger partial charge in [0.1, 0.15) is 6.33 Å². The van der Waals surface area contributed by atoms with E-state index >= 15 is 0 Å². The van der Waals surface area contributed by atoms with Crippen LogP contribution in [0.25, 0.3) is 10.9 Å². The highest BCUT2D eigenvalue weighted by Crippen LogP contribution is 2.35. The molecule has 0 spiro atoms. The van der Waals surface area contributed by atoms with Crippen molar-refractivity contribution in [1.82, 2.24) is 9.97 Å². The minimum atomic E-state index is -0.441. The number of fused-ring (bicyclic) bond motifs is 1. The molecular formula is C24H19N3O3. The molecule has 0 aliphatic carbocycles. The van der Waals surface area contributed by atoms with Gasteiger partial charge in [0.05, 0.1) is 18.3 Å². The Labute approximate surface area is 173 Å². The molecular weight excluding hydrogens is 378 g/mol. The van der Waals surface area contributed by atoms with Crippen LogP contribution in [0.4, 0.5) is 5.82 Å². The maximum absolute atomic E-state index is 11.5. The second-order valence-electron chi connectivity index (χ2n) is 6.50. The number of aromatic nitrogens is 2. The molecule has 6 heteroatoms. The monoisotopic (exact) mass is 397 g/mol. The van der Waals surface area contributed by atoms with Gasteiger partial charge in [0.2, 0.25) is 0 Å². The Hall–Kier alpha value is -4.06. The van der Waals surface area contributed by atoms with Gasteiger partial charge in [-0.3, -0.25) is 4.79 Å². The molecule has 0 unspecified atom stereocenters. The Morgan fingerprint density at radius 3 is 2.07 bits per heavy atom.